The molecule has 0 aromatic carbocycles. The highest BCUT2D eigenvalue weighted by Gasteiger charge is 2.16. The van der Waals surface area contributed by atoms with Crippen LogP contribution in [-0.2, 0) is 15.0 Å². The van der Waals surface area contributed by atoms with Crippen molar-refractivity contribution < 1.29 is 22.5 Å². The Hall–Kier alpha value is -0.170. The molecule has 0 heterocycles. The summed E-state index contributed by atoms with van der Waals surface area (Å²) in [4.78, 5) is 5.79. The normalized spacial score (nSPS) is 12.8. The third-order valence-corrected chi connectivity index (χ3v) is 4.09. The van der Waals surface area contributed by atoms with Crippen molar-refractivity contribution in [2.75, 3.05) is 33.0 Å². The number of hydrogen-bond donors (Lipinski definition) is 1. The van der Waals surface area contributed by atoms with Crippen molar-refractivity contribution >= 4 is 10.1 Å². The number of unbranched alkanes of at least 4 members (excludes halogenated alkanes) is 6. The highest BCUT2D eigenvalue weighted by atomic mass is 32.2. The Morgan fingerprint density at radius 1 is 0.950 bits per heavy atom. The number of rotatable bonds is 13. The van der Waals surface area contributed by atoms with Gasteiger partial charge in [-0.2, -0.15) is 13.1 Å². The average molecular weight is 310 g/mol. The summed E-state index contributed by atoms with van der Waals surface area (Å²) in [7, 11) is 0.132. The minimum atomic E-state index is -3.82. The van der Waals surface area contributed by atoms with E-state index in [0.29, 0.717) is 11.1 Å². The molecular weight excluding hydrogens is 278 g/mol. The van der Waals surface area contributed by atoms with Crippen LogP contribution >= 0.6 is 0 Å². The van der Waals surface area contributed by atoms with E-state index in [4.69, 9.17) is 9.39 Å². The second kappa shape index (κ2) is 10.5. The number of nitrogens with zero attached hydrogens (tertiary/aromatic N) is 1. The summed E-state index contributed by atoms with van der Waals surface area (Å²) in [5.41, 5.74) is 0. The van der Waals surface area contributed by atoms with Crippen LogP contribution in [0.1, 0.15) is 58.3 Å². The smallest absolute Gasteiger partial charge is 0.264 e. The fraction of sp³-hybridized carbons (Fsp3) is 1.00. The Kier molecular flexibility index (Phi) is 10.5. The van der Waals surface area contributed by atoms with Crippen LogP contribution in [-0.4, -0.2) is 50.6 Å². The van der Waals surface area contributed by atoms with E-state index in [0.717, 1.165) is 26.0 Å². The summed E-state index contributed by atoms with van der Waals surface area (Å²) in [6.45, 7) is 3.72. The molecule has 0 aliphatic rings. The molecule has 0 saturated heterocycles. The third-order valence-electron chi connectivity index (χ3n) is 3.29. The van der Waals surface area contributed by atoms with Gasteiger partial charge in [0.05, 0.1) is 19.8 Å². The Balaban J connectivity index is 3.54. The Morgan fingerprint density at radius 3 is 2.15 bits per heavy atom. The molecule has 0 aliphatic carbocycles. The van der Waals surface area contributed by atoms with Gasteiger partial charge in [0.25, 0.3) is 10.1 Å². The molecule has 0 aromatic heterocycles. The summed E-state index contributed by atoms with van der Waals surface area (Å²) in [6.07, 6.45) is 8.66. The Morgan fingerprint density at radius 2 is 1.55 bits per heavy atom. The second-order valence-corrected chi connectivity index (χ2v) is 7.46. The van der Waals surface area contributed by atoms with E-state index < -0.39 is 10.1 Å². The van der Waals surface area contributed by atoms with Crippen LogP contribution in [0, 0.1) is 0 Å². The molecule has 5 nitrogen and oxygen atoms in total. The molecule has 0 fully saturated rings. The average Bonchev–Trinajstić information content (AvgIpc) is 2.32. The lowest BCUT2D eigenvalue weighted by Crippen LogP contribution is -2.40. The molecule has 0 rings (SSSR count). The van der Waals surface area contributed by atoms with Gasteiger partial charge in [-0.15, -0.1) is 0 Å². The lowest BCUT2D eigenvalue weighted by Gasteiger charge is -2.26. The van der Waals surface area contributed by atoms with Crippen molar-refractivity contribution in [2.45, 2.75) is 58.3 Å². The van der Waals surface area contributed by atoms with Crippen LogP contribution in [0.4, 0.5) is 0 Å². The van der Waals surface area contributed by atoms with Crippen LogP contribution in [0.3, 0.4) is 0 Å². The molecule has 0 atom stereocenters. The zero-order valence-electron chi connectivity index (χ0n) is 13.3. The standard InChI is InChI=1S/C14H31NO4S/c1-4-5-6-7-8-10-13-19-15(2,3)12-9-11-14-20(16,17)18/h4-14H2,1-3H3/p+1. The van der Waals surface area contributed by atoms with Gasteiger partial charge >= 0.3 is 0 Å². The van der Waals surface area contributed by atoms with Gasteiger partial charge in [0.1, 0.15) is 13.2 Å². The van der Waals surface area contributed by atoms with E-state index >= 15 is 0 Å². The molecular formula is C14H32NO4S+. The monoisotopic (exact) mass is 310 g/mol. The summed E-state index contributed by atoms with van der Waals surface area (Å²) in [5.74, 6) is -0.162. The van der Waals surface area contributed by atoms with Gasteiger partial charge in [0.2, 0.25) is 0 Å². The molecule has 0 spiro atoms. The minimum Gasteiger partial charge on any atom is -0.286 e. The zero-order valence-corrected chi connectivity index (χ0v) is 14.1. The highest BCUT2D eigenvalue weighted by Crippen LogP contribution is 2.08. The SMILES string of the molecule is CCCCCCCCO[N+](C)(C)CCCCS(=O)(=O)O. The van der Waals surface area contributed by atoms with Gasteiger partial charge in [-0.25, -0.2) is 4.84 Å². The first-order valence-electron chi connectivity index (χ1n) is 7.69. The van der Waals surface area contributed by atoms with Crippen LogP contribution in [0.25, 0.3) is 0 Å². The maximum Gasteiger partial charge on any atom is 0.264 e. The van der Waals surface area contributed by atoms with Crippen LogP contribution in [0.5, 0.6) is 0 Å². The summed E-state index contributed by atoms with van der Waals surface area (Å²) in [6, 6.07) is 0. The van der Waals surface area contributed by atoms with Crippen LogP contribution in [0.2, 0.25) is 0 Å². The van der Waals surface area contributed by atoms with Crippen LogP contribution in [0.15, 0.2) is 0 Å². The van der Waals surface area contributed by atoms with Crippen molar-refractivity contribution in [3.05, 3.63) is 0 Å². The molecule has 0 aliphatic heterocycles. The quantitative estimate of drug-likeness (QED) is 0.246. The fourth-order valence-electron chi connectivity index (χ4n) is 2.04. The first-order valence-corrected chi connectivity index (χ1v) is 9.30. The van der Waals surface area contributed by atoms with Gasteiger partial charge in [0, 0.05) is 6.42 Å². The molecule has 20 heavy (non-hydrogen) atoms. The van der Waals surface area contributed by atoms with E-state index in [9.17, 15) is 8.42 Å². The van der Waals surface area contributed by atoms with Crippen molar-refractivity contribution in [3.63, 3.8) is 0 Å². The van der Waals surface area contributed by atoms with Crippen molar-refractivity contribution in [2.24, 2.45) is 0 Å². The van der Waals surface area contributed by atoms with Gasteiger partial charge in [0.15, 0.2) is 0 Å². The topological polar surface area (TPSA) is 63.6 Å². The summed E-state index contributed by atoms with van der Waals surface area (Å²) in [5, 5.41) is 0. The summed E-state index contributed by atoms with van der Waals surface area (Å²) >= 11 is 0. The van der Waals surface area contributed by atoms with Gasteiger partial charge in [-0.1, -0.05) is 39.0 Å². The number of hydroxylamine groups is 3. The number of quaternary nitrogens is 1. The maximum atomic E-state index is 10.6. The molecule has 0 radical (unpaired) electrons. The molecule has 1 N–H and O–H groups in total. The van der Waals surface area contributed by atoms with Crippen molar-refractivity contribution in [1.29, 1.82) is 0 Å². The third kappa shape index (κ3) is 14.2. The van der Waals surface area contributed by atoms with E-state index in [2.05, 4.69) is 6.92 Å². The molecule has 0 unspecified atom stereocenters. The van der Waals surface area contributed by atoms with Crippen molar-refractivity contribution in [3.8, 4) is 0 Å². The maximum absolute atomic E-state index is 10.6. The number of hydrogen-bond acceptors (Lipinski definition) is 3. The zero-order chi connectivity index (χ0) is 15.5. The molecule has 122 valence electrons. The molecule has 6 heteroatoms. The first kappa shape index (κ1) is 19.8. The largest absolute Gasteiger partial charge is 0.286 e. The van der Waals surface area contributed by atoms with E-state index in [1.54, 1.807) is 0 Å². The highest BCUT2D eigenvalue weighted by molar-refractivity contribution is 7.85. The molecule has 0 aromatic rings. The van der Waals surface area contributed by atoms with Gasteiger partial charge < -0.3 is 0 Å². The fourth-order valence-corrected chi connectivity index (χ4v) is 2.60. The van der Waals surface area contributed by atoms with Crippen LogP contribution < -0.4 is 0 Å². The van der Waals surface area contributed by atoms with Crippen molar-refractivity contribution in [1.82, 2.24) is 0 Å². The first-order chi connectivity index (χ1) is 9.27. The van der Waals surface area contributed by atoms with E-state index in [-0.39, 0.29) is 5.75 Å². The lowest BCUT2D eigenvalue weighted by atomic mass is 10.1. The molecule has 0 amide bonds. The van der Waals surface area contributed by atoms with Gasteiger partial charge in [-0.05, 0) is 12.8 Å². The predicted molar refractivity (Wildman–Crippen MR) is 82.0 cm³/mol. The van der Waals surface area contributed by atoms with E-state index in [1.165, 1.54) is 32.1 Å². The van der Waals surface area contributed by atoms with Gasteiger partial charge in [-0.3, -0.25) is 4.55 Å². The minimum absolute atomic E-state index is 0.162. The summed E-state index contributed by atoms with van der Waals surface area (Å²) < 4.78 is 30.3. The Labute approximate surface area is 124 Å². The van der Waals surface area contributed by atoms with E-state index in [1.807, 2.05) is 14.1 Å². The molecule has 0 bridgehead atoms. The predicted octanol–water partition coefficient (Wildman–Crippen LogP) is 3.02. The lowest BCUT2D eigenvalue weighted by molar-refractivity contribution is -1.08. The molecule has 0 saturated carbocycles. The second-order valence-electron chi connectivity index (χ2n) is 5.89. The Bertz CT molecular complexity index is 328.